The quantitative estimate of drug-likeness (QED) is 0.136. The van der Waals surface area contributed by atoms with Gasteiger partial charge >= 0.3 is 0 Å². The number of aromatic nitrogens is 2. The number of nitrogens with two attached hydrogens (primary N) is 1. The van der Waals surface area contributed by atoms with Gasteiger partial charge in [-0.1, -0.05) is 206 Å². The fourth-order valence-electron chi connectivity index (χ4n) is 10.8. The van der Waals surface area contributed by atoms with E-state index in [1.165, 1.54) is 98.5 Å². The Morgan fingerprint density at radius 1 is 0.246 bits per heavy atom. The minimum Gasteiger partial charge on any atom is -0.398 e. The van der Waals surface area contributed by atoms with E-state index in [0.717, 1.165) is 27.8 Å². The van der Waals surface area contributed by atoms with E-state index in [2.05, 4.69) is 270 Å². The summed E-state index contributed by atoms with van der Waals surface area (Å²) in [6.07, 6.45) is 0. The maximum atomic E-state index is 6.51. The third kappa shape index (κ3) is 6.74. The Hall–Kier alpha value is -9.18. The van der Waals surface area contributed by atoms with Crippen LogP contribution in [-0.4, -0.2) is 9.13 Å². The molecule has 0 aliphatic rings. The molecule has 2 N–H and O–H groups in total. The molecule has 0 spiro atoms. The van der Waals surface area contributed by atoms with Gasteiger partial charge in [-0.2, -0.15) is 0 Å². The van der Waals surface area contributed by atoms with Gasteiger partial charge in [0.25, 0.3) is 0 Å². The zero-order valence-corrected chi connectivity index (χ0v) is 37.8. The number of nitrogen functional groups attached to an aromatic ring is 1. The number of anilines is 1. The van der Waals surface area contributed by atoms with Crippen LogP contribution in [0.1, 0.15) is 0 Å². The molecule has 324 valence electrons. The van der Waals surface area contributed by atoms with E-state index in [-0.39, 0.29) is 0 Å². The summed E-state index contributed by atoms with van der Waals surface area (Å²) in [7, 11) is 0. The lowest BCUT2D eigenvalue weighted by Gasteiger charge is -2.16. The van der Waals surface area contributed by atoms with Crippen molar-refractivity contribution in [2.24, 2.45) is 0 Å². The predicted molar refractivity (Wildman–Crippen MR) is 295 cm³/mol. The molecular weight excluding hydrogens is 835 g/mol. The second-order valence-electron chi connectivity index (χ2n) is 17.8. The summed E-state index contributed by atoms with van der Waals surface area (Å²) < 4.78 is 4.81. The van der Waals surface area contributed by atoms with Crippen molar-refractivity contribution in [3.63, 3.8) is 0 Å². The van der Waals surface area contributed by atoms with Crippen LogP contribution in [-0.2, 0) is 0 Å². The van der Waals surface area contributed by atoms with Crippen molar-refractivity contribution in [2.75, 3.05) is 5.73 Å². The molecule has 0 unspecified atom stereocenters. The van der Waals surface area contributed by atoms with Crippen molar-refractivity contribution < 1.29 is 0 Å². The van der Waals surface area contributed by atoms with E-state index < -0.39 is 0 Å². The lowest BCUT2D eigenvalue weighted by Crippen LogP contribution is -1.98. The summed E-state index contributed by atoms with van der Waals surface area (Å²) in [6.45, 7) is 0. The normalized spacial score (nSPS) is 11.5. The fourth-order valence-corrected chi connectivity index (χ4v) is 10.8. The third-order valence-corrected chi connectivity index (χ3v) is 13.9. The van der Waals surface area contributed by atoms with Crippen LogP contribution in [0.4, 0.5) is 5.69 Å². The maximum Gasteiger partial charge on any atom is 0.0541 e. The summed E-state index contributed by atoms with van der Waals surface area (Å²) >= 11 is 0. The van der Waals surface area contributed by atoms with Crippen molar-refractivity contribution >= 4 is 81.6 Å². The molecule has 3 nitrogen and oxygen atoms in total. The second-order valence-corrected chi connectivity index (χ2v) is 17.8. The molecule has 0 radical (unpaired) electrons. The smallest absolute Gasteiger partial charge is 0.0541 e. The highest BCUT2D eigenvalue weighted by Gasteiger charge is 2.18. The Kier molecular flexibility index (Phi) is 9.66. The zero-order chi connectivity index (χ0) is 45.8. The van der Waals surface area contributed by atoms with Crippen LogP contribution in [0.25, 0.3) is 121 Å². The first-order chi connectivity index (χ1) is 34.2. The molecule has 14 aromatic rings. The summed E-state index contributed by atoms with van der Waals surface area (Å²) in [5.74, 6) is 0. The van der Waals surface area contributed by atoms with Crippen LogP contribution >= 0.6 is 0 Å². The number of hydrogen-bond donors (Lipinski definition) is 1. The van der Waals surface area contributed by atoms with Crippen LogP contribution in [0.2, 0.25) is 0 Å². The largest absolute Gasteiger partial charge is 0.398 e. The number of rotatable bonds is 5. The van der Waals surface area contributed by atoms with Crippen molar-refractivity contribution in [1.29, 1.82) is 0 Å². The molecule has 0 aliphatic heterocycles. The first-order valence-electron chi connectivity index (χ1n) is 23.6. The Morgan fingerprint density at radius 3 is 1.16 bits per heavy atom. The molecule has 14 rings (SSSR count). The molecule has 0 bridgehead atoms. The lowest BCUT2D eigenvalue weighted by atomic mass is 9.88. The molecule has 12 aromatic carbocycles. The number of nitrogens with zero attached hydrogens (tertiary/aromatic N) is 2. The fraction of sp³-hybridized carbons (Fsp3) is 0. The van der Waals surface area contributed by atoms with Crippen LogP contribution in [0.3, 0.4) is 0 Å². The monoisotopic (exact) mass is 879 g/mol. The van der Waals surface area contributed by atoms with Crippen LogP contribution < -0.4 is 5.73 Å². The molecule has 0 aliphatic carbocycles. The summed E-state index contributed by atoms with van der Waals surface area (Å²) in [6, 6.07) is 93.4. The van der Waals surface area contributed by atoms with Gasteiger partial charge in [-0.05, 0) is 110 Å². The van der Waals surface area contributed by atoms with Gasteiger partial charge in [-0.3, -0.25) is 0 Å². The van der Waals surface area contributed by atoms with Gasteiger partial charge in [-0.25, -0.2) is 0 Å². The molecule has 2 aromatic heterocycles. The maximum absolute atomic E-state index is 6.51. The van der Waals surface area contributed by atoms with Gasteiger partial charge in [0.15, 0.2) is 0 Å². The van der Waals surface area contributed by atoms with E-state index in [1.807, 2.05) is 0 Å². The van der Waals surface area contributed by atoms with E-state index in [4.69, 9.17) is 5.73 Å². The highest BCUT2D eigenvalue weighted by Crippen LogP contribution is 2.43. The molecule has 2 heterocycles. The number of para-hydroxylation sites is 2. The third-order valence-electron chi connectivity index (χ3n) is 13.9. The molecule has 0 saturated carbocycles. The first kappa shape index (κ1) is 40.1. The van der Waals surface area contributed by atoms with Gasteiger partial charge in [0.05, 0.1) is 22.1 Å². The number of benzene rings is 12. The van der Waals surface area contributed by atoms with E-state index >= 15 is 0 Å². The summed E-state index contributed by atoms with van der Waals surface area (Å²) in [4.78, 5) is 0. The average Bonchev–Trinajstić information content (AvgIpc) is 3.94. The van der Waals surface area contributed by atoms with Crippen LogP contribution in [0, 0.1) is 0 Å². The summed E-state index contributed by atoms with van der Waals surface area (Å²) in [5, 5.41) is 12.2. The van der Waals surface area contributed by atoms with E-state index in [9.17, 15) is 0 Å². The van der Waals surface area contributed by atoms with E-state index in [0.29, 0.717) is 0 Å². The van der Waals surface area contributed by atoms with Gasteiger partial charge in [-0.15, -0.1) is 0 Å². The van der Waals surface area contributed by atoms with Crippen molar-refractivity contribution in [1.82, 2.24) is 9.13 Å². The number of hydrogen-bond acceptors (Lipinski definition) is 1. The van der Waals surface area contributed by atoms with Crippen LogP contribution in [0.15, 0.2) is 261 Å². The highest BCUT2D eigenvalue weighted by atomic mass is 15.0. The van der Waals surface area contributed by atoms with Crippen molar-refractivity contribution in [3.05, 3.63) is 261 Å². The standard InChI is InChI=1S/C42H28N2.C24H17N/c1-3-12-29(13-4-1)31-22-24-41-37(26-31)35-18-7-9-20-39(35)43(41)33-16-11-17-34(28-33)44-40-21-10-8-19-36(40)38-27-32(23-25-42(38)44)30-14-5-2-6-15-30;25-24-21-13-5-3-11-19(21)23(20-12-4-6-14-22(20)24)18-15-7-9-16-8-1-2-10-17(16)18/h1-28H;1-15H,25H2. The molecule has 0 fully saturated rings. The minimum atomic E-state index is 0.857. The van der Waals surface area contributed by atoms with Crippen molar-refractivity contribution in [2.45, 2.75) is 0 Å². The Balaban J connectivity index is 0.000000158. The molecule has 3 heteroatoms. The molecule has 69 heavy (non-hydrogen) atoms. The topological polar surface area (TPSA) is 35.9 Å². The van der Waals surface area contributed by atoms with E-state index in [1.54, 1.807) is 0 Å². The molecule has 0 atom stereocenters. The number of fused-ring (bicyclic) bond motifs is 9. The van der Waals surface area contributed by atoms with Gasteiger partial charge in [0.2, 0.25) is 0 Å². The minimum absolute atomic E-state index is 0.857. The van der Waals surface area contributed by atoms with Crippen LogP contribution in [0.5, 0.6) is 0 Å². The van der Waals surface area contributed by atoms with Crippen molar-refractivity contribution in [3.8, 4) is 44.8 Å². The van der Waals surface area contributed by atoms with Gasteiger partial charge in [0.1, 0.15) is 0 Å². The average molecular weight is 880 g/mol. The molecule has 0 amide bonds. The Bertz CT molecular complexity index is 4020. The first-order valence-corrected chi connectivity index (χ1v) is 23.6. The Labute approximate surface area is 400 Å². The van der Waals surface area contributed by atoms with Gasteiger partial charge < -0.3 is 14.9 Å². The molecular formula is C66H45N3. The SMILES string of the molecule is Nc1c2ccccc2c(-c2cccc3ccccc23)c2ccccc12.c1ccc(-c2ccc3c(c2)c2ccccc2n3-c2cccc(-n3c4ccccc4c4cc(-c5ccccc5)ccc43)c2)cc1. The Morgan fingerprint density at radius 2 is 0.638 bits per heavy atom. The zero-order valence-electron chi connectivity index (χ0n) is 37.8. The lowest BCUT2D eigenvalue weighted by molar-refractivity contribution is 1.13. The highest BCUT2D eigenvalue weighted by molar-refractivity contribution is 6.22. The van der Waals surface area contributed by atoms with Gasteiger partial charge in [0, 0.05) is 49.4 Å². The molecule has 0 saturated heterocycles. The summed E-state index contributed by atoms with van der Waals surface area (Å²) in [5.41, 5.74) is 21.9. The second kappa shape index (κ2) is 16.6. The predicted octanol–water partition coefficient (Wildman–Crippen LogP) is 17.6.